The molecule has 0 atom stereocenters. The van der Waals surface area contributed by atoms with Gasteiger partial charge in [-0.05, 0) is 66.4 Å². The van der Waals surface area contributed by atoms with E-state index < -0.39 is 0 Å². The van der Waals surface area contributed by atoms with Crippen molar-refractivity contribution >= 4 is 28.2 Å². The molecule has 0 aliphatic heterocycles. The summed E-state index contributed by atoms with van der Waals surface area (Å²) >= 11 is 6.29. The Labute approximate surface area is 193 Å². The van der Waals surface area contributed by atoms with Crippen molar-refractivity contribution < 1.29 is 9.47 Å². The maximum Gasteiger partial charge on any atom is 0.156 e. The topological polar surface area (TPSA) is 56.3 Å². The predicted molar refractivity (Wildman–Crippen MR) is 131 cm³/mol. The molecule has 1 N–H and O–H groups in total. The molecule has 164 valence electrons. The van der Waals surface area contributed by atoms with Gasteiger partial charge in [-0.1, -0.05) is 30.7 Å². The second-order valence-corrected chi connectivity index (χ2v) is 8.02. The first-order valence-electron chi connectivity index (χ1n) is 10.5. The van der Waals surface area contributed by atoms with Crippen LogP contribution in [0.5, 0.6) is 11.5 Å². The normalized spacial score (nSPS) is 10.9. The molecule has 0 aliphatic rings. The van der Waals surface area contributed by atoms with Gasteiger partial charge in [-0.15, -0.1) is 5.10 Å². The summed E-state index contributed by atoms with van der Waals surface area (Å²) in [7, 11) is 3.29. The first-order chi connectivity index (χ1) is 15.5. The van der Waals surface area contributed by atoms with Crippen LogP contribution >= 0.6 is 11.6 Å². The van der Waals surface area contributed by atoms with Gasteiger partial charge in [-0.2, -0.15) is 5.10 Å². The first kappa shape index (κ1) is 21.9. The Kier molecular flexibility index (Phi) is 6.47. The van der Waals surface area contributed by atoms with Gasteiger partial charge in [0.05, 0.1) is 19.9 Å². The number of halogens is 1. The summed E-state index contributed by atoms with van der Waals surface area (Å²) in [6.45, 7) is 4.68. The number of benzene rings is 3. The van der Waals surface area contributed by atoms with Gasteiger partial charge in [-0.3, -0.25) is 0 Å². The van der Waals surface area contributed by atoms with Gasteiger partial charge < -0.3 is 14.8 Å². The van der Waals surface area contributed by atoms with Crippen molar-refractivity contribution in [2.45, 2.75) is 26.8 Å². The number of nitrogens with one attached hydrogen (secondary N) is 1. The van der Waals surface area contributed by atoms with Gasteiger partial charge >= 0.3 is 0 Å². The van der Waals surface area contributed by atoms with Crippen LogP contribution in [0.4, 0.5) is 5.82 Å². The molecular weight excluding hydrogens is 422 g/mol. The summed E-state index contributed by atoms with van der Waals surface area (Å²) < 4.78 is 10.8. The van der Waals surface area contributed by atoms with Crippen molar-refractivity contribution in [1.29, 1.82) is 0 Å². The van der Waals surface area contributed by atoms with Gasteiger partial charge in [-0.25, -0.2) is 0 Å². The van der Waals surface area contributed by atoms with E-state index in [0.29, 0.717) is 6.54 Å². The second kappa shape index (κ2) is 9.45. The van der Waals surface area contributed by atoms with Crippen LogP contribution < -0.4 is 14.8 Å². The van der Waals surface area contributed by atoms with Crippen molar-refractivity contribution in [3.8, 4) is 22.6 Å². The highest BCUT2D eigenvalue weighted by Crippen LogP contribution is 2.33. The number of anilines is 1. The van der Waals surface area contributed by atoms with E-state index in [1.54, 1.807) is 14.2 Å². The van der Waals surface area contributed by atoms with Crippen LogP contribution in [0, 0.1) is 6.92 Å². The molecule has 0 aliphatic carbocycles. The lowest BCUT2D eigenvalue weighted by Gasteiger charge is -2.14. The quantitative estimate of drug-likeness (QED) is 0.352. The highest BCUT2D eigenvalue weighted by Gasteiger charge is 2.12. The Balaban J connectivity index is 1.69. The predicted octanol–water partition coefficient (Wildman–Crippen LogP) is 6.45. The van der Waals surface area contributed by atoms with Crippen LogP contribution in [0.2, 0.25) is 5.02 Å². The third-order valence-corrected chi connectivity index (χ3v) is 5.90. The zero-order valence-corrected chi connectivity index (χ0v) is 19.5. The average molecular weight is 448 g/mol. The molecule has 32 heavy (non-hydrogen) atoms. The number of aryl methyl sites for hydroxylation is 2. The molecule has 0 bridgehead atoms. The number of nitrogens with zero attached hydrogens (tertiary/aromatic N) is 2. The molecule has 0 fully saturated rings. The molecule has 0 spiro atoms. The number of fused-ring (bicyclic) bond motifs is 1. The van der Waals surface area contributed by atoms with Crippen molar-refractivity contribution in [3.05, 3.63) is 76.4 Å². The minimum Gasteiger partial charge on any atom is -0.497 e. The van der Waals surface area contributed by atoms with Gasteiger partial charge in [0.2, 0.25) is 0 Å². The Morgan fingerprint density at radius 2 is 1.69 bits per heavy atom. The van der Waals surface area contributed by atoms with Crippen molar-refractivity contribution in [2.24, 2.45) is 0 Å². The number of hydrogen-bond donors (Lipinski definition) is 1. The van der Waals surface area contributed by atoms with Gasteiger partial charge in [0.15, 0.2) is 5.82 Å². The minimum atomic E-state index is 0.552. The summed E-state index contributed by atoms with van der Waals surface area (Å²) in [5, 5.41) is 15.0. The zero-order chi connectivity index (χ0) is 22.7. The van der Waals surface area contributed by atoms with E-state index >= 15 is 0 Å². The van der Waals surface area contributed by atoms with E-state index in [1.807, 2.05) is 37.3 Å². The van der Waals surface area contributed by atoms with Gasteiger partial charge in [0, 0.05) is 34.0 Å². The Morgan fingerprint density at radius 3 is 2.44 bits per heavy atom. The van der Waals surface area contributed by atoms with Crippen LogP contribution in [0.1, 0.15) is 23.7 Å². The van der Waals surface area contributed by atoms with Crippen molar-refractivity contribution in [1.82, 2.24) is 10.2 Å². The van der Waals surface area contributed by atoms with E-state index in [1.165, 1.54) is 5.56 Å². The van der Waals surface area contributed by atoms with E-state index in [0.717, 1.165) is 61.9 Å². The number of aromatic nitrogens is 2. The summed E-state index contributed by atoms with van der Waals surface area (Å²) in [4.78, 5) is 0. The molecule has 4 rings (SSSR count). The monoisotopic (exact) mass is 447 g/mol. The minimum absolute atomic E-state index is 0.552. The molecule has 6 heteroatoms. The molecular formula is C26H26ClN3O2. The highest BCUT2D eigenvalue weighted by molar-refractivity contribution is 6.30. The Bertz CT molecular complexity index is 1270. The van der Waals surface area contributed by atoms with E-state index in [-0.39, 0.29) is 0 Å². The fraction of sp³-hybridized carbons (Fsp3) is 0.231. The molecule has 0 saturated heterocycles. The molecule has 1 heterocycles. The lowest BCUT2D eigenvalue weighted by molar-refractivity contribution is 0.391. The summed E-state index contributed by atoms with van der Waals surface area (Å²) in [5.41, 5.74) is 5.42. The van der Waals surface area contributed by atoms with Crippen LogP contribution in [0.3, 0.4) is 0 Å². The fourth-order valence-corrected chi connectivity index (χ4v) is 4.06. The average Bonchev–Trinajstić information content (AvgIpc) is 2.83. The third-order valence-electron chi connectivity index (χ3n) is 5.67. The first-order valence-corrected chi connectivity index (χ1v) is 10.9. The van der Waals surface area contributed by atoms with Crippen molar-refractivity contribution in [2.75, 3.05) is 19.5 Å². The van der Waals surface area contributed by atoms with E-state index in [9.17, 15) is 0 Å². The van der Waals surface area contributed by atoms with Gasteiger partial charge in [0.1, 0.15) is 11.5 Å². The van der Waals surface area contributed by atoms with Crippen LogP contribution in [-0.4, -0.2) is 24.4 Å². The number of methoxy groups -OCH3 is 2. The fourth-order valence-electron chi connectivity index (χ4n) is 3.88. The largest absolute Gasteiger partial charge is 0.497 e. The molecule has 0 radical (unpaired) electrons. The molecule has 0 unspecified atom stereocenters. The SMILES string of the molecule is CCc1ccc(Cl)cc1-c1ccc2c(NCc3ccc(OC)cc3OC)nnc(C)c2c1. The van der Waals surface area contributed by atoms with Crippen LogP contribution in [0.15, 0.2) is 54.6 Å². The van der Waals surface area contributed by atoms with E-state index in [2.05, 4.69) is 46.7 Å². The van der Waals surface area contributed by atoms with E-state index in [4.69, 9.17) is 21.1 Å². The summed E-state index contributed by atoms with van der Waals surface area (Å²) in [6.07, 6.45) is 0.939. The lowest BCUT2D eigenvalue weighted by atomic mass is 9.96. The van der Waals surface area contributed by atoms with Crippen molar-refractivity contribution in [3.63, 3.8) is 0 Å². The molecule has 5 nitrogen and oxygen atoms in total. The maximum absolute atomic E-state index is 6.29. The van der Waals surface area contributed by atoms with Gasteiger partial charge in [0.25, 0.3) is 0 Å². The smallest absolute Gasteiger partial charge is 0.156 e. The second-order valence-electron chi connectivity index (χ2n) is 7.58. The van der Waals surface area contributed by atoms with Crippen LogP contribution in [-0.2, 0) is 13.0 Å². The molecule has 0 saturated carbocycles. The maximum atomic E-state index is 6.29. The molecule has 4 aromatic rings. The molecule has 3 aromatic carbocycles. The zero-order valence-electron chi connectivity index (χ0n) is 18.7. The number of ether oxygens (including phenoxy) is 2. The third kappa shape index (κ3) is 4.34. The highest BCUT2D eigenvalue weighted by atomic mass is 35.5. The Hall–Kier alpha value is -3.31. The molecule has 1 aromatic heterocycles. The summed E-state index contributed by atoms with van der Waals surface area (Å²) in [5.74, 6) is 2.25. The summed E-state index contributed by atoms with van der Waals surface area (Å²) in [6, 6.07) is 18.2. The Morgan fingerprint density at radius 1 is 0.875 bits per heavy atom. The van der Waals surface area contributed by atoms with Crippen LogP contribution in [0.25, 0.3) is 21.9 Å². The molecule has 0 amide bonds. The standard InChI is InChI=1S/C26H26ClN3O2/c1-5-17-6-9-20(27)13-24(17)18-8-11-22-23(12-18)16(2)29-30-26(22)28-15-19-7-10-21(31-3)14-25(19)32-4/h6-14H,5,15H2,1-4H3,(H,28,30). The number of hydrogen-bond acceptors (Lipinski definition) is 5. The number of rotatable bonds is 7. The lowest BCUT2D eigenvalue weighted by Crippen LogP contribution is -2.06.